The molecule has 2 aromatic rings. The molecule has 0 saturated carbocycles. The number of benzene rings is 2. The van der Waals surface area contributed by atoms with Gasteiger partial charge in [0, 0.05) is 18.7 Å². The Morgan fingerprint density at radius 3 is 2.77 bits per heavy atom. The minimum Gasteiger partial charge on any atom is -0.445 e. The molecule has 1 aliphatic heterocycles. The van der Waals surface area contributed by atoms with Crippen molar-refractivity contribution in [3.05, 3.63) is 70.8 Å². The minimum atomic E-state index is -0.277. The third-order valence-electron chi connectivity index (χ3n) is 3.85. The summed E-state index contributed by atoms with van der Waals surface area (Å²) in [5, 5.41) is 0. The van der Waals surface area contributed by atoms with Gasteiger partial charge in [-0.3, -0.25) is 0 Å². The molecular formula is C19H17NO2. The van der Waals surface area contributed by atoms with E-state index in [1.807, 2.05) is 42.5 Å². The molecule has 1 amide bonds. The van der Waals surface area contributed by atoms with Crippen LogP contribution in [0.3, 0.4) is 0 Å². The number of carbonyl (C=O) groups excluding carboxylic acids is 1. The van der Waals surface area contributed by atoms with Gasteiger partial charge in [-0.1, -0.05) is 42.3 Å². The zero-order valence-corrected chi connectivity index (χ0v) is 12.3. The molecule has 0 atom stereocenters. The monoisotopic (exact) mass is 291 g/mol. The molecule has 3 heteroatoms. The first-order valence-electron chi connectivity index (χ1n) is 7.30. The lowest BCUT2D eigenvalue weighted by Gasteiger charge is -2.28. The molecule has 3 rings (SSSR count). The van der Waals surface area contributed by atoms with E-state index >= 15 is 0 Å². The fraction of sp³-hybridized carbons (Fsp3) is 0.211. The van der Waals surface area contributed by atoms with Gasteiger partial charge in [-0.25, -0.2) is 4.79 Å². The van der Waals surface area contributed by atoms with Crippen molar-refractivity contribution in [1.29, 1.82) is 0 Å². The van der Waals surface area contributed by atoms with Crippen molar-refractivity contribution in [3.63, 3.8) is 0 Å². The van der Waals surface area contributed by atoms with E-state index in [-0.39, 0.29) is 6.09 Å². The van der Waals surface area contributed by atoms with Crippen LogP contribution in [0.4, 0.5) is 4.79 Å². The molecule has 0 aliphatic carbocycles. The van der Waals surface area contributed by atoms with Crippen LogP contribution >= 0.6 is 0 Å². The minimum absolute atomic E-state index is 0.277. The molecule has 0 unspecified atom stereocenters. The molecule has 0 fully saturated rings. The van der Waals surface area contributed by atoms with Crippen LogP contribution < -0.4 is 0 Å². The topological polar surface area (TPSA) is 29.5 Å². The first-order valence-corrected chi connectivity index (χ1v) is 7.30. The van der Waals surface area contributed by atoms with Gasteiger partial charge in [0.2, 0.25) is 0 Å². The van der Waals surface area contributed by atoms with Gasteiger partial charge in [0.15, 0.2) is 0 Å². The quantitative estimate of drug-likeness (QED) is 0.794. The fourth-order valence-corrected chi connectivity index (χ4v) is 2.61. The van der Waals surface area contributed by atoms with Gasteiger partial charge in [0.05, 0.1) is 0 Å². The van der Waals surface area contributed by atoms with E-state index in [0.29, 0.717) is 19.7 Å². The maximum absolute atomic E-state index is 12.2. The van der Waals surface area contributed by atoms with Crippen LogP contribution in [0.25, 0.3) is 0 Å². The Morgan fingerprint density at radius 2 is 2.00 bits per heavy atom. The summed E-state index contributed by atoms with van der Waals surface area (Å²) in [5.74, 6) is 2.63. The molecule has 0 bridgehead atoms. The second kappa shape index (κ2) is 6.36. The number of carbonyl (C=O) groups is 1. The summed E-state index contributed by atoms with van der Waals surface area (Å²) in [6.07, 6.45) is 5.99. The van der Waals surface area contributed by atoms with E-state index in [2.05, 4.69) is 12.0 Å². The molecule has 110 valence electrons. The Morgan fingerprint density at radius 1 is 1.18 bits per heavy atom. The summed E-state index contributed by atoms with van der Waals surface area (Å²) in [6.45, 7) is 1.53. The maximum atomic E-state index is 12.2. The van der Waals surface area contributed by atoms with Crippen LogP contribution in [-0.4, -0.2) is 17.5 Å². The highest BCUT2D eigenvalue weighted by Crippen LogP contribution is 2.21. The number of rotatable bonds is 2. The lowest BCUT2D eigenvalue weighted by atomic mass is 9.98. The number of hydrogen-bond acceptors (Lipinski definition) is 2. The molecular weight excluding hydrogens is 274 g/mol. The van der Waals surface area contributed by atoms with E-state index in [9.17, 15) is 4.79 Å². The first kappa shape index (κ1) is 14.2. The number of terminal acetylenes is 1. The largest absolute Gasteiger partial charge is 0.445 e. The van der Waals surface area contributed by atoms with E-state index in [1.165, 1.54) is 5.56 Å². The van der Waals surface area contributed by atoms with Crippen LogP contribution in [-0.2, 0) is 24.3 Å². The van der Waals surface area contributed by atoms with Crippen molar-refractivity contribution in [3.8, 4) is 12.3 Å². The van der Waals surface area contributed by atoms with Crippen molar-refractivity contribution in [1.82, 2.24) is 4.90 Å². The Balaban J connectivity index is 1.64. The summed E-state index contributed by atoms with van der Waals surface area (Å²) in [7, 11) is 0. The number of fused-ring (bicyclic) bond motifs is 1. The molecule has 0 spiro atoms. The summed E-state index contributed by atoms with van der Waals surface area (Å²) in [5.41, 5.74) is 4.20. The standard InChI is InChI=1S/C19H17NO2/c1-2-15-8-9-17-10-11-20(13-18(17)12-15)19(21)22-14-16-6-4-3-5-7-16/h1,3-9,12H,10-11,13-14H2. The smallest absolute Gasteiger partial charge is 0.410 e. The molecule has 3 nitrogen and oxygen atoms in total. The highest BCUT2D eigenvalue weighted by Gasteiger charge is 2.21. The third kappa shape index (κ3) is 3.12. The summed E-state index contributed by atoms with van der Waals surface area (Å²) >= 11 is 0. The van der Waals surface area contributed by atoms with Crippen molar-refractivity contribution < 1.29 is 9.53 Å². The Hall–Kier alpha value is -2.73. The second-order valence-electron chi connectivity index (χ2n) is 5.34. The predicted molar refractivity (Wildman–Crippen MR) is 85.1 cm³/mol. The lowest BCUT2D eigenvalue weighted by Crippen LogP contribution is -2.36. The fourth-order valence-electron chi connectivity index (χ4n) is 2.61. The Bertz CT molecular complexity index is 716. The molecule has 0 radical (unpaired) electrons. The van der Waals surface area contributed by atoms with E-state index in [0.717, 1.165) is 23.1 Å². The van der Waals surface area contributed by atoms with Gasteiger partial charge in [0.25, 0.3) is 0 Å². The number of amides is 1. The molecule has 0 aromatic heterocycles. The van der Waals surface area contributed by atoms with Gasteiger partial charge < -0.3 is 9.64 Å². The average Bonchev–Trinajstić information content (AvgIpc) is 2.59. The van der Waals surface area contributed by atoms with Gasteiger partial charge in [-0.05, 0) is 35.2 Å². The molecule has 22 heavy (non-hydrogen) atoms. The van der Waals surface area contributed by atoms with E-state index in [1.54, 1.807) is 4.90 Å². The van der Waals surface area contributed by atoms with Gasteiger partial charge in [0.1, 0.15) is 6.61 Å². The highest BCUT2D eigenvalue weighted by atomic mass is 16.6. The Labute approximate surface area is 130 Å². The second-order valence-corrected chi connectivity index (χ2v) is 5.34. The first-order chi connectivity index (χ1) is 10.8. The molecule has 1 heterocycles. The van der Waals surface area contributed by atoms with Gasteiger partial charge >= 0.3 is 6.09 Å². The predicted octanol–water partition coefficient (Wildman–Crippen LogP) is 3.36. The van der Waals surface area contributed by atoms with Crippen LogP contribution in [0.1, 0.15) is 22.3 Å². The summed E-state index contributed by atoms with van der Waals surface area (Å²) < 4.78 is 5.39. The number of hydrogen-bond donors (Lipinski definition) is 0. The van der Waals surface area contributed by atoms with E-state index < -0.39 is 0 Å². The molecule has 2 aromatic carbocycles. The third-order valence-corrected chi connectivity index (χ3v) is 3.85. The normalized spacial score (nSPS) is 13.1. The van der Waals surface area contributed by atoms with Crippen molar-refractivity contribution in [2.45, 2.75) is 19.6 Å². The Kier molecular flexibility index (Phi) is 4.11. The maximum Gasteiger partial charge on any atom is 0.410 e. The average molecular weight is 291 g/mol. The molecule has 0 saturated heterocycles. The lowest BCUT2D eigenvalue weighted by molar-refractivity contribution is 0.0918. The summed E-state index contributed by atoms with van der Waals surface area (Å²) in [4.78, 5) is 13.9. The highest BCUT2D eigenvalue weighted by molar-refractivity contribution is 5.68. The van der Waals surface area contributed by atoms with Crippen LogP contribution in [0.5, 0.6) is 0 Å². The van der Waals surface area contributed by atoms with Crippen LogP contribution in [0.2, 0.25) is 0 Å². The summed E-state index contributed by atoms with van der Waals surface area (Å²) in [6, 6.07) is 15.7. The van der Waals surface area contributed by atoms with Crippen molar-refractivity contribution in [2.75, 3.05) is 6.54 Å². The SMILES string of the molecule is C#Cc1ccc2c(c1)CN(C(=O)OCc1ccccc1)CC2. The van der Waals surface area contributed by atoms with Crippen LogP contribution in [0.15, 0.2) is 48.5 Å². The van der Waals surface area contributed by atoms with Crippen molar-refractivity contribution in [2.24, 2.45) is 0 Å². The zero-order valence-electron chi connectivity index (χ0n) is 12.3. The van der Waals surface area contributed by atoms with Crippen LogP contribution in [0, 0.1) is 12.3 Å². The zero-order chi connectivity index (χ0) is 15.4. The van der Waals surface area contributed by atoms with Crippen molar-refractivity contribution >= 4 is 6.09 Å². The van der Waals surface area contributed by atoms with E-state index in [4.69, 9.17) is 11.2 Å². The van der Waals surface area contributed by atoms with Gasteiger partial charge in [-0.2, -0.15) is 0 Å². The number of ether oxygens (including phenoxy) is 1. The number of nitrogens with zero attached hydrogens (tertiary/aromatic N) is 1. The molecule has 1 aliphatic rings. The molecule has 0 N–H and O–H groups in total. The van der Waals surface area contributed by atoms with Gasteiger partial charge in [-0.15, -0.1) is 6.42 Å².